The van der Waals surface area contributed by atoms with Crippen LogP contribution in [0.15, 0.2) is 48.5 Å². The second kappa shape index (κ2) is 11.9. The van der Waals surface area contributed by atoms with Gasteiger partial charge in [-0.3, -0.25) is 4.79 Å². The number of ether oxygens (including phenoxy) is 1. The molecule has 0 saturated carbocycles. The van der Waals surface area contributed by atoms with E-state index in [1.54, 1.807) is 24.3 Å². The number of carbonyl (C=O) groups is 2. The number of anilines is 1. The van der Waals surface area contributed by atoms with Crippen LogP contribution in [0.3, 0.4) is 0 Å². The Kier molecular flexibility index (Phi) is 9.19. The standard InChI is InChI=1S/C23H28FNO3/c1-2-3-4-5-6-7-10-17-28-23(27)19-15-13-18(14-16-19)22(26)25-21-12-9-8-11-20(21)24/h8-9,11-16H,2-7,10,17H2,1H3,(H,25,26). The molecule has 0 aliphatic heterocycles. The summed E-state index contributed by atoms with van der Waals surface area (Å²) in [4.78, 5) is 24.3. The van der Waals surface area contributed by atoms with Gasteiger partial charge in [0.2, 0.25) is 0 Å². The first-order valence-corrected chi connectivity index (χ1v) is 9.95. The Morgan fingerprint density at radius 2 is 1.46 bits per heavy atom. The van der Waals surface area contributed by atoms with Crippen molar-refractivity contribution in [1.29, 1.82) is 0 Å². The highest BCUT2D eigenvalue weighted by molar-refractivity contribution is 6.04. The van der Waals surface area contributed by atoms with Gasteiger partial charge in [0.05, 0.1) is 17.9 Å². The zero-order valence-electron chi connectivity index (χ0n) is 16.4. The Balaban J connectivity index is 1.74. The summed E-state index contributed by atoms with van der Waals surface area (Å²) >= 11 is 0. The Bertz CT molecular complexity index is 759. The molecule has 0 radical (unpaired) electrons. The predicted molar refractivity (Wildman–Crippen MR) is 109 cm³/mol. The van der Waals surface area contributed by atoms with Crippen molar-refractivity contribution in [3.8, 4) is 0 Å². The van der Waals surface area contributed by atoms with Crippen molar-refractivity contribution < 1.29 is 18.7 Å². The summed E-state index contributed by atoms with van der Waals surface area (Å²) in [6.45, 7) is 2.60. The normalized spacial score (nSPS) is 10.5. The molecule has 0 heterocycles. The molecule has 28 heavy (non-hydrogen) atoms. The first-order chi connectivity index (χ1) is 13.6. The number of unbranched alkanes of at least 4 members (excludes halogenated alkanes) is 6. The van der Waals surface area contributed by atoms with Gasteiger partial charge < -0.3 is 10.1 Å². The summed E-state index contributed by atoms with van der Waals surface area (Å²) in [6.07, 6.45) is 8.12. The van der Waals surface area contributed by atoms with Crippen LogP contribution in [0.25, 0.3) is 0 Å². The highest BCUT2D eigenvalue weighted by atomic mass is 19.1. The lowest BCUT2D eigenvalue weighted by Gasteiger charge is -2.08. The number of halogens is 1. The number of benzene rings is 2. The SMILES string of the molecule is CCCCCCCCCOC(=O)c1ccc(C(=O)Nc2ccccc2F)cc1. The number of hydrogen-bond acceptors (Lipinski definition) is 3. The summed E-state index contributed by atoms with van der Waals surface area (Å²) in [7, 11) is 0. The molecule has 0 unspecified atom stereocenters. The van der Waals surface area contributed by atoms with Crippen molar-refractivity contribution in [1.82, 2.24) is 0 Å². The second-order valence-corrected chi connectivity index (χ2v) is 6.77. The molecule has 0 atom stereocenters. The number of carbonyl (C=O) groups excluding carboxylic acids is 2. The first-order valence-electron chi connectivity index (χ1n) is 9.95. The molecule has 0 bridgehead atoms. The molecule has 5 heteroatoms. The van der Waals surface area contributed by atoms with Crippen LogP contribution in [0.4, 0.5) is 10.1 Å². The fourth-order valence-corrected chi connectivity index (χ4v) is 2.82. The number of rotatable bonds is 11. The van der Waals surface area contributed by atoms with Gasteiger partial charge in [0.1, 0.15) is 5.82 Å². The van der Waals surface area contributed by atoms with Gasteiger partial charge in [-0.25, -0.2) is 9.18 Å². The minimum Gasteiger partial charge on any atom is -0.462 e. The van der Waals surface area contributed by atoms with Gasteiger partial charge in [0, 0.05) is 5.56 Å². The molecule has 150 valence electrons. The van der Waals surface area contributed by atoms with E-state index in [4.69, 9.17) is 4.74 Å². The number of para-hydroxylation sites is 1. The molecular formula is C23H28FNO3. The predicted octanol–water partition coefficient (Wildman–Crippen LogP) is 5.99. The van der Waals surface area contributed by atoms with Crippen LogP contribution >= 0.6 is 0 Å². The lowest BCUT2D eigenvalue weighted by molar-refractivity contribution is 0.0497. The minimum atomic E-state index is -0.499. The molecule has 0 aliphatic rings. The maximum absolute atomic E-state index is 13.6. The second-order valence-electron chi connectivity index (χ2n) is 6.77. The van der Waals surface area contributed by atoms with Crippen molar-refractivity contribution in [2.75, 3.05) is 11.9 Å². The Hall–Kier alpha value is -2.69. The van der Waals surface area contributed by atoms with Gasteiger partial charge in [0.25, 0.3) is 5.91 Å². The third-order valence-electron chi connectivity index (χ3n) is 4.49. The molecule has 2 rings (SSSR count). The Morgan fingerprint density at radius 1 is 0.857 bits per heavy atom. The summed E-state index contributed by atoms with van der Waals surface area (Å²) in [6, 6.07) is 12.1. The van der Waals surface area contributed by atoms with E-state index in [0.29, 0.717) is 17.7 Å². The molecule has 0 aliphatic carbocycles. The molecule has 0 spiro atoms. The van der Waals surface area contributed by atoms with E-state index in [2.05, 4.69) is 12.2 Å². The molecule has 0 fully saturated rings. The Morgan fingerprint density at radius 3 is 2.14 bits per heavy atom. The third kappa shape index (κ3) is 7.14. The maximum atomic E-state index is 13.6. The van der Waals surface area contributed by atoms with Crippen molar-refractivity contribution in [3.63, 3.8) is 0 Å². The number of amides is 1. The largest absolute Gasteiger partial charge is 0.462 e. The van der Waals surface area contributed by atoms with Crippen LogP contribution in [0, 0.1) is 5.82 Å². The zero-order valence-corrected chi connectivity index (χ0v) is 16.4. The van der Waals surface area contributed by atoms with Crippen molar-refractivity contribution >= 4 is 17.6 Å². The van der Waals surface area contributed by atoms with Gasteiger partial charge in [0.15, 0.2) is 0 Å². The van der Waals surface area contributed by atoms with E-state index in [-0.39, 0.29) is 5.69 Å². The highest BCUT2D eigenvalue weighted by Gasteiger charge is 2.11. The lowest BCUT2D eigenvalue weighted by Crippen LogP contribution is -2.13. The fourth-order valence-electron chi connectivity index (χ4n) is 2.82. The van der Waals surface area contributed by atoms with Crippen molar-refractivity contribution in [2.45, 2.75) is 51.9 Å². The van der Waals surface area contributed by atoms with Crippen molar-refractivity contribution in [3.05, 3.63) is 65.5 Å². The first kappa shape index (κ1) is 21.6. The lowest BCUT2D eigenvalue weighted by atomic mass is 10.1. The van der Waals surface area contributed by atoms with Crippen LogP contribution in [-0.2, 0) is 4.74 Å². The molecule has 0 aromatic heterocycles. The van der Waals surface area contributed by atoms with E-state index in [0.717, 1.165) is 12.8 Å². The average Bonchev–Trinajstić information content (AvgIpc) is 2.71. The van der Waals surface area contributed by atoms with Crippen LogP contribution < -0.4 is 5.32 Å². The summed E-state index contributed by atoms with van der Waals surface area (Å²) in [5, 5.41) is 2.51. The van der Waals surface area contributed by atoms with Crippen LogP contribution in [-0.4, -0.2) is 18.5 Å². The fraction of sp³-hybridized carbons (Fsp3) is 0.391. The van der Waals surface area contributed by atoms with Gasteiger partial charge in [-0.15, -0.1) is 0 Å². The van der Waals surface area contributed by atoms with Gasteiger partial charge >= 0.3 is 5.97 Å². The Labute approximate surface area is 166 Å². The average molecular weight is 385 g/mol. The van der Waals surface area contributed by atoms with Gasteiger partial charge in [-0.1, -0.05) is 57.6 Å². The van der Waals surface area contributed by atoms with Crippen LogP contribution in [0.2, 0.25) is 0 Å². The molecule has 4 nitrogen and oxygen atoms in total. The zero-order chi connectivity index (χ0) is 20.2. The molecule has 2 aromatic rings. The van der Waals surface area contributed by atoms with E-state index in [9.17, 15) is 14.0 Å². The van der Waals surface area contributed by atoms with Gasteiger partial charge in [-0.05, 0) is 42.8 Å². The monoisotopic (exact) mass is 385 g/mol. The molecule has 2 aromatic carbocycles. The molecule has 0 saturated heterocycles. The van der Waals surface area contributed by atoms with Crippen LogP contribution in [0.5, 0.6) is 0 Å². The van der Waals surface area contributed by atoms with Crippen molar-refractivity contribution in [2.24, 2.45) is 0 Å². The van der Waals surface area contributed by atoms with E-state index in [1.807, 2.05) is 0 Å². The van der Waals surface area contributed by atoms with E-state index >= 15 is 0 Å². The quantitative estimate of drug-likeness (QED) is 0.382. The summed E-state index contributed by atoms with van der Waals surface area (Å²) < 4.78 is 18.9. The summed E-state index contributed by atoms with van der Waals surface area (Å²) in [5.41, 5.74) is 0.850. The van der Waals surface area contributed by atoms with Crippen LogP contribution in [0.1, 0.15) is 72.6 Å². The third-order valence-corrected chi connectivity index (χ3v) is 4.49. The minimum absolute atomic E-state index is 0.116. The number of hydrogen-bond donors (Lipinski definition) is 1. The topological polar surface area (TPSA) is 55.4 Å². The highest BCUT2D eigenvalue weighted by Crippen LogP contribution is 2.15. The smallest absolute Gasteiger partial charge is 0.338 e. The summed E-state index contributed by atoms with van der Waals surface area (Å²) in [5.74, 6) is -1.33. The number of esters is 1. The van der Waals surface area contributed by atoms with E-state index < -0.39 is 17.7 Å². The number of nitrogens with one attached hydrogen (secondary N) is 1. The molecule has 1 N–H and O–H groups in total. The molecule has 1 amide bonds. The van der Waals surface area contributed by atoms with E-state index in [1.165, 1.54) is 56.4 Å². The maximum Gasteiger partial charge on any atom is 0.338 e. The van der Waals surface area contributed by atoms with Gasteiger partial charge in [-0.2, -0.15) is 0 Å². The molecular weight excluding hydrogens is 357 g/mol.